The van der Waals surface area contributed by atoms with Crippen molar-refractivity contribution < 1.29 is 24.0 Å². The van der Waals surface area contributed by atoms with E-state index in [9.17, 15) is 14.4 Å². The standard InChI is InChI=1S/C20H15NO5/c22-17-12-5-1-2-6-13(12)18(23)21(17)26-19(24)15-11-20(15)9-10-25-16-8-4-3-7-14(16)20/h1-8,15H,9-11H2/t15-,20-/m0/s1. The second-order valence-corrected chi connectivity index (χ2v) is 6.87. The average molecular weight is 349 g/mol. The molecule has 1 aliphatic carbocycles. The summed E-state index contributed by atoms with van der Waals surface area (Å²) in [5.74, 6) is -1.33. The van der Waals surface area contributed by atoms with Gasteiger partial charge in [-0.05, 0) is 31.0 Å². The van der Waals surface area contributed by atoms with E-state index in [1.54, 1.807) is 24.3 Å². The molecule has 26 heavy (non-hydrogen) atoms. The highest BCUT2D eigenvalue weighted by atomic mass is 16.7. The minimum atomic E-state index is -0.596. The molecule has 2 aromatic carbocycles. The molecule has 2 amide bonds. The Morgan fingerprint density at radius 3 is 2.42 bits per heavy atom. The molecule has 0 saturated heterocycles. The molecule has 0 N–H and O–H groups in total. The SMILES string of the molecule is O=C(ON1C(=O)c2ccccc2C1=O)[C@@H]1C[C@]12CCOc1ccccc12. The molecule has 0 unspecified atom stereocenters. The van der Waals surface area contributed by atoms with Crippen LogP contribution in [0.4, 0.5) is 0 Å². The van der Waals surface area contributed by atoms with Crippen molar-refractivity contribution in [2.75, 3.05) is 6.61 Å². The Bertz CT molecular complexity index is 933. The van der Waals surface area contributed by atoms with Gasteiger partial charge in [0.2, 0.25) is 0 Å². The maximum atomic E-state index is 12.7. The van der Waals surface area contributed by atoms with Gasteiger partial charge in [-0.1, -0.05) is 35.4 Å². The topological polar surface area (TPSA) is 72.9 Å². The average Bonchev–Trinajstić information content (AvgIpc) is 3.34. The number of fused-ring (bicyclic) bond motifs is 3. The fourth-order valence-electron chi connectivity index (χ4n) is 4.07. The van der Waals surface area contributed by atoms with E-state index in [2.05, 4.69) is 0 Å². The summed E-state index contributed by atoms with van der Waals surface area (Å²) in [6.45, 7) is 0.536. The second-order valence-electron chi connectivity index (χ2n) is 6.87. The van der Waals surface area contributed by atoms with Gasteiger partial charge in [-0.15, -0.1) is 0 Å². The molecule has 6 heteroatoms. The van der Waals surface area contributed by atoms with Crippen molar-refractivity contribution in [1.29, 1.82) is 0 Å². The molecule has 5 rings (SSSR count). The zero-order chi connectivity index (χ0) is 17.9. The van der Waals surface area contributed by atoms with Crippen LogP contribution in [0.25, 0.3) is 0 Å². The number of nitrogens with zero attached hydrogens (tertiary/aromatic N) is 1. The fraction of sp³-hybridized carbons (Fsp3) is 0.250. The van der Waals surface area contributed by atoms with Crippen molar-refractivity contribution in [1.82, 2.24) is 5.06 Å². The number of ether oxygens (including phenoxy) is 1. The number of amides is 2. The van der Waals surface area contributed by atoms with Crippen LogP contribution in [0.2, 0.25) is 0 Å². The molecule has 6 nitrogen and oxygen atoms in total. The number of hydrogen-bond acceptors (Lipinski definition) is 5. The minimum Gasteiger partial charge on any atom is -0.493 e. The van der Waals surface area contributed by atoms with Gasteiger partial charge in [0.05, 0.1) is 23.7 Å². The molecule has 130 valence electrons. The Balaban J connectivity index is 1.38. The second kappa shape index (κ2) is 5.17. The van der Waals surface area contributed by atoms with Gasteiger partial charge in [0.25, 0.3) is 11.8 Å². The molecule has 2 aromatic rings. The number of para-hydroxylation sites is 1. The number of rotatable bonds is 2. The maximum Gasteiger partial charge on any atom is 0.337 e. The summed E-state index contributed by atoms with van der Waals surface area (Å²) in [5.41, 5.74) is 1.19. The van der Waals surface area contributed by atoms with E-state index in [1.165, 1.54) is 0 Å². The van der Waals surface area contributed by atoms with Gasteiger partial charge >= 0.3 is 5.97 Å². The first-order chi connectivity index (χ1) is 12.6. The molecular weight excluding hydrogens is 334 g/mol. The number of hydroxylamine groups is 2. The number of hydrogen-bond donors (Lipinski definition) is 0. The number of carbonyl (C=O) groups is 3. The molecule has 0 aromatic heterocycles. The maximum absolute atomic E-state index is 12.7. The summed E-state index contributed by atoms with van der Waals surface area (Å²) in [4.78, 5) is 42.6. The fourth-order valence-corrected chi connectivity index (χ4v) is 4.07. The van der Waals surface area contributed by atoms with Crippen LogP contribution >= 0.6 is 0 Å². The molecule has 1 spiro atoms. The Hall–Kier alpha value is -3.15. The van der Waals surface area contributed by atoms with Crippen LogP contribution in [0.15, 0.2) is 48.5 Å². The molecular formula is C20H15NO5. The molecule has 0 bridgehead atoms. The van der Waals surface area contributed by atoms with E-state index in [-0.39, 0.29) is 22.5 Å². The Labute approximate surface area is 149 Å². The van der Waals surface area contributed by atoms with Crippen LogP contribution in [-0.2, 0) is 15.0 Å². The molecule has 1 fully saturated rings. The van der Waals surface area contributed by atoms with E-state index >= 15 is 0 Å². The summed E-state index contributed by atoms with van der Waals surface area (Å²) in [6.07, 6.45) is 1.35. The highest BCUT2D eigenvalue weighted by molar-refractivity contribution is 6.20. The normalized spacial score (nSPS) is 25.5. The lowest BCUT2D eigenvalue weighted by atomic mass is 9.87. The van der Waals surface area contributed by atoms with Gasteiger partial charge in [0.15, 0.2) is 0 Å². The highest BCUT2D eigenvalue weighted by Crippen LogP contribution is 2.61. The number of carbonyl (C=O) groups excluding carboxylic acids is 3. The van der Waals surface area contributed by atoms with Gasteiger partial charge < -0.3 is 9.57 Å². The summed E-state index contributed by atoms with van der Waals surface area (Å²) in [6, 6.07) is 14.1. The van der Waals surface area contributed by atoms with Gasteiger partial charge in [0, 0.05) is 11.0 Å². The van der Waals surface area contributed by atoms with E-state index in [1.807, 2.05) is 24.3 Å². The lowest BCUT2D eigenvalue weighted by Gasteiger charge is -2.26. The van der Waals surface area contributed by atoms with E-state index in [4.69, 9.17) is 9.57 Å². The zero-order valence-corrected chi connectivity index (χ0v) is 13.8. The largest absolute Gasteiger partial charge is 0.493 e. The molecule has 3 aliphatic rings. The van der Waals surface area contributed by atoms with E-state index in [0.717, 1.165) is 11.3 Å². The molecule has 0 radical (unpaired) electrons. The van der Waals surface area contributed by atoms with Crippen LogP contribution in [-0.4, -0.2) is 29.5 Å². The summed E-state index contributed by atoms with van der Waals surface area (Å²) >= 11 is 0. The highest BCUT2D eigenvalue weighted by Gasteiger charge is 2.62. The lowest BCUT2D eigenvalue weighted by Crippen LogP contribution is -2.34. The van der Waals surface area contributed by atoms with Gasteiger partial charge in [-0.3, -0.25) is 9.59 Å². The van der Waals surface area contributed by atoms with Crippen LogP contribution in [0, 0.1) is 5.92 Å². The van der Waals surface area contributed by atoms with Crippen molar-refractivity contribution in [2.45, 2.75) is 18.3 Å². The molecule has 1 saturated carbocycles. The van der Waals surface area contributed by atoms with Crippen LogP contribution < -0.4 is 4.74 Å². The van der Waals surface area contributed by atoms with Crippen molar-refractivity contribution in [3.05, 3.63) is 65.2 Å². The van der Waals surface area contributed by atoms with Crippen LogP contribution in [0.5, 0.6) is 5.75 Å². The molecule has 2 atom stereocenters. The summed E-state index contributed by atoms with van der Waals surface area (Å²) < 4.78 is 5.67. The van der Waals surface area contributed by atoms with Crippen molar-refractivity contribution in [2.24, 2.45) is 5.92 Å². The first-order valence-corrected chi connectivity index (χ1v) is 8.54. The Kier molecular flexibility index (Phi) is 3.01. The van der Waals surface area contributed by atoms with Crippen LogP contribution in [0.1, 0.15) is 39.1 Å². The predicted octanol–water partition coefficient (Wildman–Crippen LogP) is 2.48. The quantitative estimate of drug-likeness (QED) is 0.779. The summed E-state index contributed by atoms with van der Waals surface area (Å²) in [5, 5.41) is 0.588. The number of benzene rings is 2. The van der Waals surface area contributed by atoms with Crippen molar-refractivity contribution in [3.8, 4) is 5.75 Å². The number of imide groups is 1. The Morgan fingerprint density at radius 2 is 1.69 bits per heavy atom. The van der Waals surface area contributed by atoms with Crippen molar-refractivity contribution in [3.63, 3.8) is 0 Å². The van der Waals surface area contributed by atoms with E-state index < -0.39 is 17.8 Å². The Morgan fingerprint density at radius 1 is 1.04 bits per heavy atom. The molecule has 2 aliphatic heterocycles. The smallest absolute Gasteiger partial charge is 0.337 e. The van der Waals surface area contributed by atoms with Crippen LogP contribution in [0.3, 0.4) is 0 Å². The first kappa shape index (κ1) is 15.1. The van der Waals surface area contributed by atoms with Gasteiger partial charge in [-0.25, -0.2) is 4.79 Å². The third kappa shape index (κ3) is 1.95. The zero-order valence-electron chi connectivity index (χ0n) is 13.8. The third-order valence-corrected chi connectivity index (χ3v) is 5.53. The summed E-state index contributed by atoms with van der Waals surface area (Å²) in [7, 11) is 0. The first-order valence-electron chi connectivity index (χ1n) is 8.54. The molecule has 2 heterocycles. The van der Waals surface area contributed by atoms with Gasteiger partial charge in [-0.2, -0.15) is 0 Å². The van der Waals surface area contributed by atoms with E-state index in [0.29, 0.717) is 24.5 Å². The minimum absolute atomic E-state index is 0.257. The lowest BCUT2D eigenvalue weighted by molar-refractivity contribution is -0.170. The monoisotopic (exact) mass is 349 g/mol. The third-order valence-electron chi connectivity index (χ3n) is 5.53. The van der Waals surface area contributed by atoms with Gasteiger partial charge in [0.1, 0.15) is 5.75 Å². The van der Waals surface area contributed by atoms with Crippen molar-refractivity contribution >= 4 is 17.8 Å². The predicted molar refractivity (Wildman–Crippen MR) is 89.4 cm³/mol.